The second-order valence-electron chi connectivity index (χ2n) is 4.21. The molecule has 1 unspecified atom stereocenters. The molecular weight excluding hydrogens is 244 g/mol. The first-order valence-corrected chi connectivity index (χ1v) is 6.49. The topological polar surface area (TPSA) is 105 Å². The van der Waals surface area contributed by atoms with E-state index in [0.29, 0.717) is 30.4 Å². The lowest BCUT2D eigenvalue weighted by Crippen LogP contribution is -2.38. The molecule has 0 aromatic carbocycles. The maximum Gasteiger partial charge on any atom is 0.242 e. The Labute approximate surface area is 113 Å². The molecule has 1 amide bonds. The SMILES string of the molecule is CCCNC(=O)C(C)Nc1cc(NN)nc(CC)n1. The number of hydrogen-bond acceptors (Lipinski definition) is 6. The van der Waals surface area contributed by atoms with E-state index in [-0.39, 0.29) is 11.9 Å². The highest BCUT2D eigenvalue weighted by molar-refractivity contribution is 5.83. The molecule has 1 atom stereocenters. The van der Waals surface area contributed by atoms with Gasteiger partial charge in [-0.15, -0.1) is 0 Å². The normalized spacial score (nSPS) is 11.8. The summed E-state index contributed by atoms with van der Waals surface area (Å²) >= 11 is 0. The zero-order chi connectivity index (χ0) is 14.3. The number of amides is 1. The summed E-state index contributed by atoms with van der Waals surface area (Å²) in [6.45, 7) is 6.42. The Morgan fingerprint density at radius 3 is 2.63 bits per heavy atom. The minimum Gasteiger partial charge on any atom is -0.358 e. The van der Waals surface area contributed by atoms with Crippen LogP contribution in [-0.4, -0.2) is 28.5 Å². The molecule has 0 aliphatic rings. The Kier molecular flexibility index (Phi) is 6.01. The number of anilines is 2. The van der Waals surface area contributed by atoms with E-state index in [9.17, 15) is 4.79 Å². The maximum absolute atomic E-state index is 11.8. The van der Waals surface area contributed by atoms with Gasteiger partial charge >= 0.3 is 0 Å². The van der Waals surface area contributed by atoms with Crippen LogP contribution >= 0.6 is 0 Å². The van der Waals surface area contributed by atoms with E-state index in [4.69, 9.17) is 5.84 Å². The van der Waals surface area contributed by atoms with Gasteiger partial charge in [0.05, 0.1) is 0 Å². The second-order valence-corrected chi connectivity index (χ2v) is 4.21. The highest BCUT2D eigenvalue weighted by Crippen LogP contribution is 2.11. The van der Waals surface area contributed by atoms with Crippen LogP contribution in [0.3, 0.4) is 0 Å². The van der Waals surface area contributed by atoms with Crippen molar-refractivity contribution in [1.82, 2.24) is 15.3 Å². The van der Waals surface area contributed by atoms with E-state index in [1.54, 1.807) is 13.0 Å². The lowest BCUT2D eigenvalue weighted by atomic mass is 10.3. The van der Waals surface area contributed by atoms with Crippen LogP contribution in [0.1, 0.15) is 33.0 Å². The molecule has 0 spiro atoms. The van der Waals surface area contributed by atoms with E-state index in [2.05, 4.69) is 26.0 Å². The van der Waals surface area contributed by atoms with Gasteiger partial charge in [0.15, 0.2) is 0 Å². The smallest absolute Gasteiger partial charge is 0.242 e. The summed E-state index contributed by atoms with van der Waals surface area (Å²) in [7, 11) is 0. The Morgan fingerprint density at radius 1 is 1.37 bits per heavy atom. The van der Waals surface area contributed by atoms with Crippen molar-refractivity contribution in [1.29, 1.82) is 0 Å². The van der Waals surface area contributed by atoms with Crippen LogP contribution in [0.4, 0.5) is 11.6 Å². The minimum atomic E-state index is -0.364. The molecule has 106 valence electrons. The van der Waals surface area contributed by atoms with Crippen molar-refractivity contribution in [2.75, 3.05) is 17.3 Å². The van der Waals surface area contributed by atoms with Gasteiger partial charge < -0.3 is 16.1 Å². The highest BCUT2D eigenvalue weighted by atomic mass is 16.2. The van der Waals surface area contributed by atoms with Gasteiger partial charge in [0, 0.05) is 19.0 Å². The fraction of sp³-hybridized carbons (Fsp3) is 0.583. The number of carbonyl (C=O) groups excluding carboxylic acids is 1. The van der Waals surface area contributed by atoms with Gasteiger partial charge in [-0.1, -0.05) is 13.8 Å². The van der Waals surface area contributed by atoms with Gasteiger partial charge in [0.25, 0.3) is 0 Å². The zero-order valence-corrected chi connectivity index (χ0v) is 11.7. The lowest BCUT2D eigenvalue weighted by Gasteiger charge is -2.15. The molecule has 0 fully saturated rings. The summed E-state index contributed by atoms with van der Waals surface area (Å²) in [5.41, 5.74) is 2.49. The molecule has 7 nitrogen and oxygen atoms in total. The summed E-state index contributed by atoms with van der Waals surface area (Å²) in [6, 6.07) is 1.31. The van der Waals surface area contributed by atoms with E-state index >= 15 is 0 Å². The number of aromatic nitrogens is 2. The molecule has 0 saturated carbocycles. The van der Waals surface area contributed by atoms with Crippen molar-refractivity contribution >= 4 is 17.5 Å². The molecule has 5 N–H and O–H groups in total. The molecule has 0 bridgehead atoms. The summed E-state index contributed by atoms with van der Waals surface area (Å²) < 4.78 is 0. The van der Waals surface area contributed by atoms with Crippen LogP contribution in [-0.2, 0) is 11.2 Å². The van der Waals surface area contributed by atoms with E-state index in [1.807, 2.05) is 13.8 Å². The molecule has 1 aromatic heterocycles. The summed E-state index contributed by atoms with van der Waals surface area (Å²) in [6.07, 6.45) is 1.60. The Morgan fingerprint density at radius 2 is 2.05 bits per heavy atom. The van der Waals surface area contributed by atoms with Crippen molar-refractivity contribution in [3.05, 3.63) is 11.9 Å². The number of hydrogen-bond donors (Lipinski definition) is 4. The van der Waals surface area contributed by atoms with Crippen molar-refractivity contribution < 1.29 is 4.79 Å². The Hall–Kier alpha value is -1.89. The van der Waals surface area contributed by atoms with Gasteiger partial charge in [-0.05, 0) is 13.3 Å². The monoisotopic (exact) mass is 266 g/mol. The molecule has 0 radical (unpaired) electrons. The number of carbonyl (C=O) groups is 1. The largest absolute Gasteiger partial charge is 0.358 e. The Bertz CT molecular complexity index is 400. The van der Waals surface area contributed by atoms with Gasteiger partial charge in [0.1, 0.15) is 23.5 Å². The van der Waals surface area contributed by atoms with Crippen LogP contribution in [0.5, 0.6) is 0 Å². The molecule has 7 heteroatoms. The molecule has 0 aliphatic carbocycles. The maximum atomic E-state index is 11.8. The quantitative estimate of drug-likeness (QED) is 0.426. The third kappa shape index (κ3) is 4.70. The number of nitrogens with two attached hydrogens (primary N) is 1. The number of aryl methyl sites for hydroxylation is 1. The number of nitrogens with one attached hydrogen (secondary N) is 3. The van der Waals surface area contributed by atoms with E-state index < -0.39 is 0 Å². The first kappa shape index (κ1) is 15.2. The molecule has 0 saturated heterocycles. The number of hydrazine groups is 1. The van der Waals surface area contributed by atoms with Crippen LogP contribution in [0.2, 0.25) is 0 Å². The third-order valence-electron chi connectivity index (χ3n) is 2.54. The van der Waals surface area contributed by atoms with Gasteiger partial charge in [-0.3, -0.25) is 4.79 Å². The van der Waals surface area contributed by atoms with Gasteiger partial charge in [0.2, 0.25) is 5.91 Å². The third-order valence-corrected chi connectivity index (χ3v) is 2.54. The minimum absolute atomic E-state index is 0.0548. The Balaban J connectivity index is 2.72. The summed E-state index contributed by atoms with van der Waals surface area (Å²) in [5.74, 6) is 7.07. The molecule has 1 aromatic rings. The predicted octanol–water partition coefficient (Wildman–Crippen LogP) is 0.651. The van der Waals surface area contributed by atoms with Crippen molar-refractivity contribution in [3.8, 4) is 0 Å². The fourth-order valence-electron chi connectivity index (χ4n) is 1.49. The molecular formula is C12H22N6O. The van der Waals surface area contributed by atoms with Crippen LogP contribution < -0.4 is 21.9 Å². The molecule has 1 rings (SSSR count). The fourth-order valence-corrected chi connectivity index (χ4v) is 1.49. The average Bonchev–Trinajstić information content (AvgIpc) is 2.43. The molecule has 1 heterocycles. The van der Waals surface area contributed by atoms with Crippen molar-refractivity contribution in [2.24, 2.45) is 5.84 Å². The van der Waals surface area contributed by atoms with Crippen molar-refractivity contribution in [2.45, 2.75) is 39.7 Å². The van der Waals surface area contributed by atoms with Gasteiger partial charge in [-0.25, -0.2) is 15.8 Å². The standard InChI is InChI=1S/C12H22N6O/c1-4-6-14-12(19)8(3)15-10-7-11(18-13)17-9(5-2)16-10/h7-8H,4-6,13H2,1-3H3,(H,14,19)(H2,15,16,17,18). The van der Waals surface area contributed by atoms with Crippen LogP contribution in [0.25, 0.3) is 0 Å². The number of nitrogen functional groups attached to an aromatic ring is 1. The van der Waals surface area contributed by atoms with Crippen LogP contribution in [0, 0.1) is 0 Å². The van der Waals surface area contributed by atoms with E-state index in [1.165, 1.54) is 0 Å². The predicted molar refractivity (Wildman–Crippen MR) is 75.6 cm³/mol. The summed E-state index contributed by atoms with van der Waals surface area (Å²) in [4.78, 5) is 20.2. The number of rotatable bonds is 7. The van der Waals surface area contributed by atoms with Crippen molar-refractivity contribution in [3.63, 3.8) is 0 Å². The first-order chi connectivity index (χ1) is 9.10. The highest BCUT2D eigenvalue weighted by Gasteiger charge is 2.13. The van der Waals surface area contributed by atoms with Crippen LogP contribution in [0.15, 0.2) is 6.07 Å². The first-order valence-electron chi connectivity index (χ1n) is 6.49. The second kappa shape index (κ2) is 7.52. The zero-order valence-electron chi connectivity index (χ0n) is 11.7. The molecule has 19 heavy (non-hydrogen) atoms. The van der Waals surface area contributed by atoms with E-state index in [0.717, 1.165) is 6.42 Å². The average molecular weight is 266 g/mol. The lowest BCUT2D eigenvalue weighted by molar-refractivity contribution is -0.121. The molecule has 0 aliphatic heterocycles. The van der Waals surface area contributed by atoms with Gasteiger partial charge in [-0.2, -0.15) is 0 Å². The number of nitrogens with zero attached hydrogens (tertiary/aromatic N) is 2. The summed E-state index contributed by atoms with van der Waals surface area (Å²) in [5, 5.41) is 5.87.